The van der Waals surface area contributed by atoms with Crippen molar-refractivity contribution in [1.29, 1.82) is 0 Å². The van der Waals surface area contributed by atoms with Crippen LogP contribution >= 0.6 is 0 Å². The van der Waals surface area contributed by atoms with Crippen LogP contribution in [0.25, 0.3) is 0 Å². The monoisotopic (exact) mass is 197 g/mol. The molecule has 1 unspecified atom stereocenters. The molecule has 0 aliphatic heterocycles. The summed E-state index contributed by atoms with van der Waals surface area (Å²) >= 11 is 0. The summed E-state index contributed by atoms with van der Waals surface area (Å²) in [7, 11) is 0. The summed E-state index contributed by atoms with van der Waals surface area (Å²) in [5, 5.41) is 0. The van der Waals surface area contributed by atoms with Gasteiger partial charge in [-0.3, -0.25) is 0 Å². The van der Waals surface area contributed by atoms with Gasteiger partial charge in [-0.2, -0.15) is 0 Å². The van der Waals surface area contributed by atoms with Crippen molar-refractivity contribution >= 4 is 0 Å². The molecule has 2 atom stereocenters. The molecule has 0 aromatic carbocycles. The van der Waals surface area contributed by atoms with E-state index in [9.17, 15) is 0 Å². The van der Waals surface area contributed by atoms with E-state index < -0.39 is 0 Å². The first-order valence-corrected chi connectivity index (χ1v) is 5.19. The van der Waals surface area contributed by atoms with Crippen molar-refractivity contribution in [3.63, 3.8) is 0 Å². The molecule has 1 heteroatoms. The lowest BCUT2D eigenvalue weighted by Gasteiger charge is -2.21. The predicted molar refractivity (Wildman–Crippen MR) is 66.8 cm³/mol. The molecule has 0 heterocycles. The van der Waals surface area contributed by atoms with Crippen LogP contribution in [0.2, 0.25) is 0 Å². The summed E-state index contributed by atoms with van der Waals surface area (Å²) in [6, 6.07) is 0. The third-order valence-electron chi connectivity index (χ3n) is 3.05. The molecule has 0 aliphatic carbocycles. The minimum Gasteiger partial charge on any atom is -0.344 e. The highest BCUT2D eigenvalue weighted by Gasteiger charge is 2.13. The minimum atomic E-state index is 0. The molecule has 0 amide bonds. The van der Waals surface area contributed by atoms with Gasteiger partial charge in [0.15, 0.2) is 0 Å². The van der Waals surface area contributed by atoms with Gasteiger partial charge >= 0.3 is 0 Å². The average Bonchev–Trinajstić information content (AvgIpc) is 2.02. The smallest absolute Gasteiger partial charge is 0.0200 e. The van der Waals surface area contributed by atoms with Crippen molar-refractivity contribution in [1.82, 2.24) is 6.15 Å². The maximum absolute atomic E-state index is 4.16. The topological polar surface area (TPSA) is 35.0 Å². The summed E-state index contributed by atoms with van der Waals surface area (Å²) in [6.07, 6.45) is 1.09. The van der Waals surface area contributed by atoms with Crippen LogP contribution in [-0.2, 0) is 0 Å². The highest BCUT2D eigenvalue weighted by atomic mass is 14.2. The van der Waals surface area contributed by atoms with Crippen molar-refractivity contribution in [2.75, 3.05) is 0 Å². The van der Waals surface area contributed by atoms with Crippen LogP contribution in [0, 0.1) is 17.8 Å². The zero-order chi connectivity index (χ0) is 10.6. The van der Waals surface area contributed by atoms with Gasteiger partial charge in [0.05, 0.1) is 0 Å². The first kappa shape index (κ1) is 15.9. The van der Waals surface area contributed by atoms with Crippen LogP contribution < -0.4 is 6.15 Å². The van der Waals surface area contributed by atoms with Crippen molar-refractivity contribution in [3.05, 3.63) is 24.3 Å². The van der Waals surface area contributed by atoms with E-state index in [1.54, 1.807) is 0 Å². The van der Waals surface area contributed by atoms with Gasteiger partial charge in [0.2, 0.25) is 0 Å². The van der Waals surface area contributed by atoms with E-state index in [2.05, 4.69) is 47.8 Å². The van der Waals surface area contributed by atoms with Crippen molar-refractivity contribution in [3.8, 4) is 0 Å². The summed E-state index contributed by atoms with van der Waals surface area (Å²) < 4.78 is 0. The van der Waals surface area contributed by atoms with Gasteiger partial charge in [-0.05, 0) is 31.1 Å². The van der Waals surface area contributed by atoms with Crippen LogP contribution in [0.4, 0.5) is 0 Å². The molecule has 0 spiro atoms. The predicted octanol–water partition coefficient (Wildman–Crippen LogP) is 4.60. The number of hydrogen-bond donors (Lipinski definition) is 1. The molecule has 0 aromatic rings. The van der Waals surface area contributed by atoms with Crippen LogP contribution in [-0.4, -0.2) is 0 Å². The van der Waals surface area contributed by atoms with Crippen molar-refractivity contribution < 1.29 is 0 Å². The normalized spacial score (nSPS) is 14.4. The summed E-state index contributed by atoms with van der Waals surface area (Å²) in [5.41, 5.74) is 2.63. The molecular weight excluding hydrogens is 170 g/mol. The maximum atomic E-state index is 4.16. The lowest BCUT2D eigenvalue weighted by Crippen LogP contribution is -2.09. The van der Waals surface area contributed by atoms with Crippen LogP contribution in [0.15, 0.2) is 24.3 Å². The highest BCUT2D eigenvalue weighted by molar-refractivity contribution is 5.07. The van der Waals surface area contributed by atoms with E-state index in [4.69, 9.17) is 0 Å². The molecule has 14 heavy (non-hydrogen) atoms. The SMILES string of the molecule is C=C(C)C(C)CC(=C)[C@@H](C)C(C)C.N. The lowest BCUT2D eigenvalue weighted by atomic mass is 9.84. The Labute approximate surface area is 89.9 Å². The standard InChI is InChI=1S/C13H24.H3N/c1-9(2)11(5)8-12(6)13(7)10(3)4;/h10-11,13H,1,6,8H2,2-5,7H3;1H3/t11?,13-;/m0./s1. The second-order valence-electron chi connectivity index (χ2n) is 4.64. The second-order valence-corrected chi connectivity index (χ2v) is 4.64. The van der Waals surface area contributed by atoms with E-state index in [1.807, 2.05) is 0 Å². The van der Waals surface area contributed by atoms with E-state index >= 15 is 0 Å². The summed E-state index contributed by atoms with van der Waals surface area (Å²) in [6.45, 7) is 19.2. The first-order chi connectivity index (χ1) is 5.86. The van der Waals surface area contributed by atoms with Gasteiger partial charge in [-0.25, -0.2) is 0 Å². The molecule has 1 nitrogen and oxygen atoms in total. The van der Waals surface area contributed by atoms with E-state index in [0.717, 1.165) is 6.42 Å². The van der Waals surface area contributed by atoms with Gasteiger partial charge in [-0.15, -0.1) is 0 Å². The molecule has 0 bridgehead atoms. The van der Waals surface area contributed by atoms with E-state index in [1.165, 1.54) is 11.1 Å². The van der Waals surface area contributed by atoms with Gasteiger partial charge < -0.3 is 6.15 Å². The van der Waals surface area contributed by atoms with E-state index in [0.29, 0.717) is 17.8 Å². The zero-order valence-corrected chi connectivity index (χ0v) is 10.6. The van der Waals surface area contributed by atoms with Crippen molar-refractivity contribution in [2.45, 2.75) is 41.0 Å². The van der Waals surface area contributed by atoms with Gasteiger partial charge in [0.25, 0.3) is 0 Å². The molecule has 0 aromatic heterocycles. The van der Waals surface area contributed by atoms with Gasteiger partial charge in [0, 0.05) is 0 Å². The number of hydrogen-bond acceptors (Lipinski definition) is 1. The molecule has 0 rings (SSSR count). The number of rotatable bonds is 5. The maximum Gasteiger partial charge on any atom is -0.0200 e. The highest BCUT2D eigenvalue weighted by Crippen LogP contribution is 2.26. The molecule has 0 radical (unpaired) electrons. The minimum absolute atomic E-state index is 0. The van der Waals surface area contributed by atoms with Gasteiger partial charge in [0.1, 0.15) is 0 Å². The van der Waals surface area contributed by atoms with E-state index in [-0.39, 0.29) is 6.15 Å². The summed E-state index contributed by atoms with van der Waals surface area (Å²) in [5.74, 6) is 1.90. The molecule has 3 N–H and O–H groups in total. The summed E-state index contributed by atoms with van der Waals surface area (Å²) in [4.78, 5) is 0. The average molecular weight is 197 g/mol. The molecule has 84 valence electrons. The van der Waals surface area contributed by atoms with Crippen LogP contribution in [0.1, 0.15) is 41.0 Å². The largest absolute Gasteiger partial charge is 0.344 e. The molecule has 0 saturated carbocycles. The Hall–Kier alpha value is -0.560. The molecular formula is C13H27N. The zero-order valence-electron chi connectivity index (χ0n) is 10.6. The second kappa shape index (κ2) is 6.83. The quantitative estimate of drug-likeness (QED) is 0.642. The fraction of sp³-hybridized carbons (Fsp3) is 0.692. The Morgan fingerprint density at radius 3 is 1.79 bits per heavy atom. The Bertz CT molecular complexity index is 191. The third-order valence-corrected chi connectivity index (χ3v) is 3.05. The Morgan fingerprint density at radius 2 is 1.50 bits per heavy atom. The molecule has 0 saturated heterocycles. The molecule has 0 fully saturated rings. The van der Waals surface area contributed by atoms with Crippen LogP contribution in [0.3, 0.4) is 0 Å². The lowest BCUT2D eigenvalue weighted by molar-refractivity contribution is 0.454. The van der Waals surface area contributed by atoms with Crippen molar-refractivity contribution in [2.24, 2.45) is 17.8 Å². The Morgan fingerprint density at radius 1 is 1.07 bits per heavy atom. The first-order valence-electron chi connectivity index (χ1n) is 5.19. The Balaban J connectivity index is 0. The molecule has 0 aliphatic rings. The Kier molecular flexibility index (Phi) is 7.75. The van der Waals surface area contributed by atoms with Gasteiger partial charge in [-0.1, -0.05) is 52.0 Å². The fourth-order valence-electron chi connectivity index (χ4n) is 1.22. The fourth-order valence-corrected chi connectivity index (χ4v) is 1.22. The number of allylic oxidation sites excluding steroid dienone is 2. The third kappa shape index (κ3) is 5.23. The van der Waals surface area contributed by atoms with Crippen LogP contribution in [0.5, 0.6) is 0 Å².